The minimum absolute atomic E-state index is 0.0297. The molecule has 2 saturated heterocycles. The second-order valence-corrected chi connectivity index (χ2v) is 9.64. The zero-order valence-electron chi connectivity index (χ0n) is 19.2. The molecule has 8 nitrogen and oxygen atoms in total. The largest absolute Gasteiger partial charge is 0.467 e. The highest BCUT2D eigenvalue weighted by Gasteiger charge is 2.76. The van der Waals surface area contributed by atoms with Gasteiger partial charge in [0.1, 0.15) is 17.4 Å². The number of carbonyl (C=O) groups excluding carboxylic acids is 3. The van der Waals surface area contributed by atoms with Crippen LogP contribution in [0.15, 0.2) is 34.9 Å². The van der Waals surface area contributed by atoms with Crippen molar-refractivity contribution in [3.63, 3.8) is 0 Å². The number of ketones is 1. The van der Waals surface area contributed by atoms with E-state index in [-0.39, 0.29) is 13.0 Å². The van der Waals surface area contributed by atoms with E-state index in [1.54, 1.807) is 38.1 Å². The Morgan fingerprint density at radius 3 is 2.41 bits per heavy atom. The summed E-state index contributed by atoms with van der Waals surface area (Å²) in [6.45, 7) is 8.98. The van der Waals surface area contributed by atoms with Gasteiger partial charge in [-0.1, -0.05) is 56.3 Å². The van der Waals surface area contributed by atoms with Crippen LogP contribution in [0.2, 0.25) is 0 Å². The van der Waals surface area contributed by atoms with E-state index in [1.807, 2.05) is 26.8 Å². The Kier molecular flexibility index (Phi) is 5.04. The lowest BCUT2D eigenvalue weighted by Gasteiger charge is -2.36. The van der Waals surface area contributed by atoms with Crippen molar-refractivity contribution in [2.75, 3.05) is 13.7 Å². The number of esters is 1. The van der Waals surface area contributed by atoms with Crippen molar-refractivity contribution in [3.05, 3.63) is 52.9 Å². The first-order valence-corrected chi connectivity index (χ1v) is 10.6. The predicted molar refractivity (Wildman–Crippen MR) is 114 cm³/mol. The van der Waals surface area contributed by atoms with Gasteiger partial charge >= 0.3 is 5.97 Å². The molecule has 0 aliphatic carbocycles. The zero-order chi connectivity index (χ0) is 23.5. The van der Waals surface area contributed by atoms with E-state index in [1.165, 1.54) is 12.0 Å². The van der Waals surface area contributed by atoms with Crippen molar-refractivity contribution < 1.29 is 28.4 Å². The molecule has 0 saturated carbocycles. The Labute approximate surface area is 186 Å². The lowest BCUT2D eigenvalue weighted by atomic mass is 9.69. The molecule has 1 aromatic carbocycles. The first-order chi connectivity index (χ1) is 15.0. The third kappa shape index (κ3) is 2.78. The van der Waals surface area contributed by atoms with E-state index >= 15 is 0 Å². The second-order valence-electron chi connectivity index (χ2n) is 9.64. The molecule has 2 aliphatic rings. The molecule has 0 spiro atoms. The number of hydrogen-bond donors (Lipinski definition) is 0. The molecule has 170 valence electrons. The molecular formula is C24H28N2O6. The molecule has 2 aromatic rings. The number of fused-ring (bicyclic) bond motifs is 1. The number of nitrogens with zero attached hydrogens (tertiary/aromatic N) is 2. The van der Waals surface area contributed by atoms with Crippen LogP contribution in [-0.4, -0.2) is 53.2 Å². The predicted octanol–water partition coefficient (Wildman–Crippen LogP) is 2.50. The Morgan fingerprint density at radius 1 is 1.22 bits per heavy atom. The summed E-state index contributed by atoms with van der Waals surface area (Å²) in [4.78, 5) is 43.2. The summed E-state index contributed by atoms with van der Waals surface area (Å²) in [5.41, 5.74) is -2.24. The van der Waals surface area contributed by atoms with Crippen molar-refractivity contribution in [1.29, 1.82) is 0 Å². The number of methoxy groups -OCH3 is 1. The van der Waals surface area contributed by atoms with Gasteiger partial charge in [0.2, 0.25) is 11.4 Å². The van der Waals surface area contributed by atoms with Crippen LogP contribution in [0.25, 0.3) is 0 Å². The van der Waals surface area contributed by atoms with Crippen molar-refractivity contribution in [1.82, 2.24) is 10.1 Å². The molecule has 3 heterocycles. The van der Waals surface area contributed by atoms with Crippen LogP contribution < -0.4 is 0 Å². The number of hydrogen-bond acceptors (Lipinski definition) is 7. The fourth-order valence-corrected chi connectivity index (χ4v) is 4.97. The minimum Gasteiger partial charge on any atom is -0.467 e. The van der Waals surface area contributed by atoms with E-state index in [2.05, 4.69) is 5.16 Å². The van der Waals surface area contributed by atoms with E-state index < -0.39 is 40.3 Å². The molecule has 4 rings (SSSR count). The van der Waals surface area contributed by atoms with Gasteiger partial charge in [-0.15, -0.1) is 0 Å². The maximum Gasteiger partial charge on any atom is 0.342 e. The number of carbonyl (C=O) groups is 3. The monoisotopic (exact) mass is 440 g/mol. The molecule has 0 N–H and O–H groups in total. The van der Waals surface area contributed by atoms with E-state index in [4.69, 9.17) is 14.0 Å². The summed E-state index contributed by atoms with van der Waals surface area (Å²) in [6.07, 6.45) is -0.740. The summed E-state index contributed by atoms with van der Waals surface area (Å²) >= 11 is 0. The molecule has 2 fully saturated rings. The van der Waals surface area contributed by atoms with Gasteiger partial charge in [-0.2, -0.15) is 0 Å². The van der Waals surface area contributed by atoms with Crippen molar-refractivity contribution in [2.45, 2.75) is 58.2 Å². The van der Waals surface area contributed by atoms with Crippen LogP contribution >= 0.6 is 0 Å². The highest BCUT2D eigenvalue weighted by molar-refractivity contribution is 6.29. The number of aromatic nitrogens is 1. The quantitative estimate of drug-likeness (QED) is 0.532. The summed E-state index contributed by atoms with van der Waals surface area (Å²) in [6, 6.07) is 8.85. The summed E-state index contributed by atoms with van der Waals surface area (Å²) in [7, 11) is 1.22. The molecule has 0 unspecified atom stereocenters. The molecule has 0 bridgehead atoms. The van der Waals surface area contributed by atoms with E-state index in [9.17, 15) is 14.4 Å². The zero-order valence-corrected chi connectivity index (χ0v) is 19.2. The van der Waals surface area contributed by atoms with Crippen molar-refractivity contribution >= 4 is 17.7 Å². The Balaban J connectivity index is 2.00. The summed E-state index contributed by atoms with van der Waals surface area (Å²) in [5, 5.41) is 4.00. The second kappa shape index (κ2) is 7.27. The summed E-state index contributed by atoms with van der Waals surface area (Å²) < 4.78 is 16.3. The van der Waals surface area contributed by atoms with Gasteiger partial charge in [0, 0.05) is 17.4 Å². The van der Waals surface area contributed by atoms with Gasteiger partial charge in [0.25, 0.3) is 0 Å². The lowest BCUT2D eigenvalue weighted by Crippen LogP contribution is -2.58. The Morgan fingerprint density at radius 2 is 1.88 bits per heavy atom. The number of aryl methyl sites for hydroxylation is 2. The number of ether oxygens (including phenoxy) is 2. The maximum atomic E-state index is 14.4. The van der Waals surface area contributed by atoms with Crippen LogP contribution in [0.3, 0.4) is 0 Å². The number of amides is 1. The van der Waals surface area contributed by atoms with Gasteiger partial charge in [-0.25, -0.2) is 4.79 Å². The first kappa shape index (κ1) is 22.2. The molecule has 2 aliphatic heterocycles. The average molecular weight is 440 g/mol. The van der Waals surface area contributed by atoms with Crippen LogP contribution in [0.5, 0.6) is 0 Å². The normalized spacial score (nSPS) is 27.7. The van der Waals surface area contributed by atoms with Gasteiger partial charge in [0.05, 0.1) is 19.4 Å². The molecular weight excluding hydrogens is 412 g/mol. The molecule has 0 radical (unpaired) electrons. The van der Waals surface area contributed by atoms with Crippen LogP contribution in [0, 0.1) is 19.3 Å². The van der Waals surface area contributed by atoms with Crippen LogP contribution in [0.4, 0.5) is 0 Å². The Bertz CT molecular complexity index is 1070. The first-order valence-electron chi connectivity index (χ1n) is 10.6. The van der Waals surface area contributed by atoms with Crippen molar-refractivity contribution in [2.24, 2.45) is 5.41 Å². The van der Waals surface area contributed by atoms with Gasteiger partial charge in [-0.3, -0.25) is 14.5 Å². The van der Waals surface area contributed by atoms with Gasteiger partial charge in [-0.05, 0) is 19.4 Å². The lowest BCUT2D eigenvalue weighted by molar-refractivity contribution is -0.160. The number of benzene rings is 1. The highest BCUT2D eigenvalue weighted by Crippen LogP contribution is 2.51. The molecule has 3 atom stereocenters. The standard InChI is InChI=1S/C24H28N2O6/c1-14-17(15(2)32-25-14)12-23(16-10-8-7-9-11-16)18(27)24(21(29)30-6)13-31-20(22(3,4)5)26(24)19(23)28/h7-11,20H,12-13H2,1-6H3/t20-,23+,24-/m1/s1. The molecule has 1 aromatic heterocycles. The maximum absolute atomic E-state index is 14.4. The third-order valence-electron chi connectivity index (χ3n) is 6.60. The SMILES string of the molecule is COC(=O)[C@]12CO[C@H](C(C)(C)C)N1C(=O)[C@@](Cc1c(C)noc1C)(c1ccccc1)C2=O. The Hall–Kier alpha value is -3.00. The minimum atomic E-state index is -1.85. The topological polar surface area (TPSA) is 98.9 Å². The fourth-order valence-electron chi connectivity index (χ4n) is 4.97. The molecule has 32 heavy (non-hydrogen) atoms. The average Bonchev–Trinajstić information content (AvgIpc) is 3.37. The number of rotatable bonds is 4. The van der Waals surface area contributed by atoms with Crippen LogP contribution in [-0.2, 0) is 35.7 Å². The molecule has 8 heteroatoms. The third-order valence-corrected chi connectivity index (χ3v) is 6.60. The van der Waals surface area contributed by atoms with Crippen molar-refractivity contribution in [3.8, 4) is 0 Å². The van der Waals surface area contributed by atoms with Crippen LogP contribution in [0.1, 0.15) is 43.4 Å². The van der Waals surface area contributed by atoms with Gasteiger partial charge < -0.3 is 14.0 Å². The summed E-state index contributed by atoms with van der Waals surface area (Å²) in [5.74, 6) is -1.28. The van der Waals surface area contributed by atoms with E-state index in [0.29, 0.717) is 22.6 Å². The van der Waals surface area contributed by atoms with E-state index in [0.717, 1.165) is 0 Å². The van der Waals surface area contributed by atoms with Gasteiger partial charge in [0.15, 0.2) is 5.78 Å². The fraction of sp³-hybridized carbons (Fsp3) is 0.500. The smallest absolute Gasteiger partial charge is 0.342 e. The molecule has 1 amide bonds. The highest BCUT2D eigenvalue weighted by atomic mass is 16.6. The number of Topliss-reactive ketones (excluding diaryl/α,β-unsaturated/α-hetero) is 1.